The summed E-state index contributed by atoms with van der Waals surface area (Å²) >= 11 is 0. The van der Waals surface area contributed by atoms with Gasteiger partial charge < -0.3 is 0 Å². The number of aryl methyl sites for hydroxylation is 1. The molecule has 4 aromatic rings. The fourth-order valence-corrected chi connectivity index (χ4v) is 4.66. The highest BCUT2D eigenvalue weighted by Gasteiger charge is 2.31. The van der Waals surface area contributed by atoms with Gasteiger partial charge in [0.2, 0.25) is 0 Å². The molecule has 0 N–H and O–H groups in total. The molecular weight excluding hydrogens is 467 g/mol. The number of hydrogen-bond donors (Lipinski definition) is 0. The zero-order valence-corrected chi connectivity index (χ0v) is 19.6. The largest absolute Gasteiger partial charge is 0.416 e. The van der Waals surface area contributed by atoms with Crippen LogP contribution in [0.4, 0.5) is 13.2 Å². The topological polar surface area (TPSA) is 63.9 Å². The maximum atomic E-state index is 13.8. The molecule has 0 atom stereocenters. The van der Waals surface area contributed by atoms with Crippen LogP contribution < -0.4 is 5.56 Å². The van der Waals surface area contributed by atoms with Crippen LogP contribution in [0.2, 0.25) is 0 Å². The van der Waals surface area contributed by atoms with Gasteiger partial charge in [0, 0.05) is 37.6 Å². The van der Waals surface area contributed by atoms with Crippen LogP contribution in [0.25, 0.3) is 0 Å². The third kappa shape index (κ3) is 4.79. The van der Waals surface area contributed by atoms with Crippen molar-refractivity contribution in [1.29, 1.82) is 0 Å². The molecule has 1 aliphatic heterocycles. The molecule has 0 saturated carbocycles. The second-order valence-corrected chi connectivity index (χ2v) is 8.83. The van der Waals surface area contributed by atoms with Gasteiger partial charge in [0.15, 0.2) is 0 Å². The van der Waals surface area contributed by atoms with Crippen LogP contribution in [-0.2, 0) is 25.7 Å². The van der Waals surface area contributed by atoms with Crippen molar-refractivity contribution in [2.45, 2.75) is 38.7 Å². The first kappa shape index (κ1) is 23.9. The van der Waals surface area contributed by atoms with Crippen LogP contribution in [0.3, 0.4) is 0 Å². The molecule has 36 heavy (non-hydrogen) atoms. The smallest absolute Gasteiger partial charge is 0.293 e. The highest BCUT2D eigenvalue weighted by molar-refractivity contribution is 5.29. The summed E-state index contributed by atoms with van der Waals surface area (Å²) in [6.45, 7) is 3.33. The standard InChI is InChI=1S/C27H24F3N5O/c1-18-33-24-17-34(16-19-8-10-20(11-9-19)27(28,29)30)15-12-21(24)26(36)35(18)25(22-6-2-4-13-31-22)23-7-3-5-14-32-23/h2-11,13-14,25H,12,15-17H2,1H3. The monoisotopic (exact) mass is 491 g/mol. The van der Waals surface area contributed by atoms with E-state index in [4.69, 9.17) is 4.98 Å². The average molecular weight is 492 g/mol. The van der Waals surface area contributed by atoms with Crippen LogP contribution in [-0.4, -0.2) is 31.0 Å². The molecule has 0 aliphatic carbocycles. The zero-order chi connectivity index (χ0) is 25.3. The Hall–Kier alpha value is -3.85. The maximum absolute atomic E-state index is 13.8. The first-order valence-electron chi connectivity index (χ1n) is 11.6. The Morgan fingerprint density at radius 3 is 2.14 bits per heavy atom. The lowest BCUT2D eigenvalue weighted by atomic mass is 10.0. The normalized spacial score (nSPS) is 14.1. The molecule has 5 rings (SSSR count). The molecular formula is C27H24F3N5O. The van der Waals surface area contributed by atoms with Crippen molar-refractivity contribution in [2.75, 3.05) is 6.54 Å². The van der Waals surface area contributed by atoms with Gasteiger partial charge in [-0.2, -0.15) is 13.2 Å². The van der Waals surface area contributed by atoms with Crippen molar-refractivity contribution in [1.82, 2.24) is 24.4 Å². The molecule has 184 valence electrons. The van der Waals surface area contributed by atoms with Crippen molar-refractivity contribution in [3.63, 3.8) is 0 Å². The average Bonchev–Trinajstić information content (AvgIpc) is 2.87. The van der Waals surface area contributed by atoms with Gasteiger partial charge >= 0.3 is 6.18 Å². The van der Waals surface area contributed by atoms with Gasteiger partial charge in [-0.05, 0) is 55.3 Å². The number of pyridine rings is 2. The van der Waals surface area contributed by atoms with Crippen LogP contribution in [0, 0.1) is 6.92 Å². The summed E-state index contributed by atoms with van der Waals surface area (Å²) in [7, 11) is 0. The highest BCUT2D eigenvalue weighted by atomic mass is 19.4. The maximum Gasteiger partial charge on any atom is 0.416 e. The quantitative estimate of drug-likeness (QED) is 0.410. The van der Waals surface area contributed by atoms with Crippen LogP contribution in [0.15, 0.2) is 77.9 Å². The molecule has 0 unspecified atom stereocenters. The van der Waals surface area contributed by atoms with E-state index in [0.29, 0.717) is 54.5 Å². The zero-order valence-electron chi connectivity index (χ0n) is 19.6. The molecule has 0 saturated heterocycles. The summed E-state index contributed by atoms with van der Waals surface area (Å²) in [5.41, 5.74) is 2.75. The number of rotatable bonds is 5. The van der Waals surface area contributed by atoms with Crippen molar-refractivity contribution in [2.24, 2.45) is 0 Å². The van der Waals surface area contributed by atoms with E-state index >= 15 is 0 Å². The van der Waals surface area contributed by atoms with Crippen molar-refractivity contribution in [3.8, 4) is 0 Å². The van der Waals surface area contributed by atoms with Gasteiger partial charge in [0.25, 0.3) is 5.56 Å². The Kier molecular flexibility index (Phi) is 6.40. The van der Waals surface area contributed by atoms with Crippen molar-refractivity contribution < 1.29 is 13.2 Å². The van der Waals surface area contributed by atoms with E-state index in [0.717, 1.165) is 17.7 Å². The number of nitrogens with zero attached hydrogens (tertiary/aromatic N) is 5. The predicted molar refractivity (Wildman–Crippen MR) is 128 cm³/mol. The number of aromatic nitrogens is 4. The van der Waals surface area contributed by atoms with Gasteiger partial charge in [0.1, 0.15) is 11.9 Å². The number of benzene rings is 1. The van der Waals surface area contributed by atoms with Gasteiger partial charge in [-0.15, -0.1) is 0 Å². The minimum atomic E-state index is -4.35. The summed E-state index contributed by atoms with van der Waals surface area (Å²) in [5.74, 6) is 0.552. The molecule has 0 bridgehead atoms. The minimum Gasteiger partial charge on any atom is -0.293 e. The van der Waals surface area contributed by atoms with E-state index in [-0.39, 0.29) is 5.56 Å². The number of alkyl halides is 3. The summed E-state index contributed by atoms with van der Waals surface area (Å²) in [5, 5.41) is 0. The molecule has 1 aliphatic rings. The molecule has 1 aromatic carbocycles. The van der Waals surface area contributed by atoms with E-state index in [1.54, 1.807) is 23.9 Å². The SMILES string of the molecule is Cc1nc2c(c(=O)n1C(c1ccccn1)c1ccccn1)CCN(Cc1ccc(C(F)(F)F)cc1)C2. The van der Waals surface area contributed by atoms with Gasteiger partial charge in [0.05, 0.1) is 22.6 Å². The molecule has 0 amide bonds. The van der Waals surface area contributed by atoms with E-state index in [2.05, 4.69) is 14.9 Å². The number of hydrogen-bond acceptors (Lipinski definition) is 5. The van der Waals surface area contributed by atoms with Crippen LogP contribution in [0.1, 0.15) is 45.6 Å². The van der Waals surface area contributed by atoms with E-state index < -0.39 is 17.8 Å². The molecule has 0 spiro atoms. The molecule has 9 heteroatoms. The Labute approximate surface area is 206 Å². The first-order chi connectivity index (χ1) is 17.3. The van der Waals surface area contributed by atoms with E-state index in [1.807, 2.05) is 36.4 Å². The molecule has 3 aromatic heterocycles. The summed E-state index contributed by atoms with van der Waals surface area (Å²) in [6, 6.07) is 15.8. The van der Waals surface area contributed by atoms with Crippen molar-refractivity contribution in [3.05, 3.63) is 123 Å². The number of fused-ring (bicyclic) bond motifs is 1. The van der Waals surface area contributed by atoms with Gasteiger partial charge in [-0.1, -0.05) is 24.3 Å². The van der Waals surface area contributed by atoms with Crippen LogP contribution >= 0.6 is 0 Å². The lowest BCUT2D eigenvalue weighted by molar-refractivity contribution is -0.137. The highest BCUT2D eigenvalue weighted by Crippen LogP contribution is 2.30. The molecule has 6 nitrogen and oxygen atoms in total. The third-order valence-electron chi connectivity index (χ3n) is 6.40. The Morgan fingerprint density at radius 2 is 1.58 bits per heavy atom. The second kappa shape index (κ2) is 9.66. The second-order valence-electron chi connectivity index (χ2n) is 8.83. The molecule has 0 radical (unpaired) electrons. The first-order valence-corrected chi connectivity index (χ1v) is 11.6. The minimum absolute atomic E-state index is 0.118. The summed E-state index contributed by atoms with van der Waals surface area (Å²) in [4.78, 5) is 29.7. The lowest BCUT2D eigenvalue weighted by Crippen LogP contribution is -2.39. The van der Waals surface area contributed by atoms with E-state index in [1.165, 1.54) is 12.1 Å². The van der Waals surface area contributed by atoms with Crippen LogP contribution in [0.5, 0.6) is 0 Å². The Morgan fingerprint density at radius 1 is 0.944 bits per heavy atom. The molecule has 4 heterocycles. The number of halogens is 3. The fourth-order valence-electron chi connectivity index (χ4n) is 4.66. The predicted octanol–water partition coefficient (Wildman–Crippen LogP) is 4.56. The summed E-state index contributed by atoms with van der Waals surface area (Å²) < 4.78 is 40.3. The Balaban J connectivity index is 1.45. The fraction of sp³-hybridized carbons (Fsp3) is 0.259. The van der Waals surface area contributed by atoms with Crippen molar-refractivity contribution >= 4 is 0 Å². The van der Waals surface area contributed by atoms with E-state index in [9.17, 15) is 18.0 Å². The van der Waals surface area contributed by atoms with Gasteiger partial charge in [-0.25, -0.2) is 4.98 Å². The van der Waals surface area contributed by atoms with Gasteiger partial charge in [-0.3, -0.25) is 24.2 Å². The lowest BCUT2D eigenvalue weighted by Gasteiger charge is -2.30. The summed E-state index contributed by atoms with van der Waals surface area (Å²) in [6.07, 6.45) is -0.473. The third-order valence-corrected chi connectivity index (χ3v) is 6.40. The molecule has 0 fully saturated rings. The Bertz CT molecular complexity index is 1360.